The molecule has 1 unspecified atom stereocenters. The van der Waals surface area contributed by atoms with Gasteiger partial charge in [-0.1, -0.05) is 6.92 Å². The summed E-state index contributed by atoms with van der Waals surface area (Å²) in [5, 5.41) is 0. The highest BCUT2D eigenvalue weighted by atomic mass is 19.2. The molecule has 20 heavy (non-hydrogen) atoms. The van der Waals surface area contributed by atoms with Crippen LogP contribution in [0.25, 0.3) is 11.0 Å². The smallest absolute Gasteiger partial charge is 0.328 e. The van der Waals surface area contributed by atoms with Gasteiger partial charge in [0, 0.05) is 12.1 Å². The lowest BCUT2D eigenvalue weighted by Crippen LogP contribution is -2.21. The van der Waals surface area contributed by atoms with Crippen molar-refractivity contribution in [3.8, 4) is 0 Å². The Balaban J connectivity index is 2.45. The van der Waals surface area contributed by atoms with Gasteiger partial charge in [-0.25, -0.2) is 18.6 Å². The molecule has 0 fully saturated rings. The van der Waals surface area contributed by atoms with Crippen molar-refractivity contribution in [1.82, 2.24) is 9.55 Å². The van der Waals surface area contributed by atoms with Crippen LogP contribution in [-0.4, -0.2) is 22.1 Å². The van der Waals surface area contributed by atoms with E-state index in [1.54, 1.807) is 6.92 Å². The second kappa shape index (κ2) is 5.44. The summed E-state index contributed by atoms with van der Waals surface area (Å²) in [7, 11) is 0. The number of fused-ring (bicyclic) bond motifs is 1. The number of aromatic nitrogens is 2. The van der Waals surface area contributed by atoms with E-state index in [1.807, 2.05) is 6.92 Å². The first-order valence-corrected chi connectivity index (χ1v) is 6.24. The maximum atomic E-state index is 13.3. The normalized spacial score (nSPS) is 12.6. The van der Waals surface area contributed by atoms with Crippen molar-refractivity contribution in [3.63, 3.8) is 0 Å². The van der Waals surface area contributed by atoms with Crippen LogP contribution >= 0.6 is 0 Å². The van der Waals surface area contributed by atoms with Crippen LogP contribution in [0.4, 0.5) is 14.7 Å². The Morgan fingerprint density at radius 2 is 2.10 bits per heavy atom. The Bertz CT molecular complexity index is 655. The van der Waals surface area contributed by atoms with Gasteiger partial charge in [0.2, 0.25) is 5.95 Å². The topological polar surface area (TPSA) is 70.1 Å². The fraction of sp³-hybridized carbons (Fsp3) is 0.385. The predicted molar refractivity (Wildman–Crippen MR) is 70.0 cm³/mol. The zero-order valence-electron chi connectivity index (χ0n) is 11.2. The molecule has 2 aromatic rings. The van der Waals surface area contributed by atoms with E-state index in [9.17, 15) is 13.6 Å². The molecule has 2 rings (SSSR count). The highest BCUT2D eigenvalue weighted by Gasteiger charge is 2.22. The molecule has 5 nitrogen and oxygen atoms in total. The molecule has 1 aromatic heterocycles. The van der Waals surface area contributed by atoms with Crippen LogP contribution in [-0.2, 0) is 9.53 Å². The molecule has 7 heteroatoms. The van der Waals surface area contributed by atoms with Crippen LogP contribution in [0.1, 0.15) is 26.3 Å². The molecule has 0 saturated carbocycles. The number of nitrogen functional groups attached to an aromatic ring is 1. The van der Waals surface area contributed by atoms with Gasteiger partial charge < -0.3 is 10.5 Å². The quantitative estimate of drug-likeness (QED) is 0.875. The Morgan fingerprint density at radius 3 is 2.75 bits per heavy atom. The van der Waals surface area contributed by atoms with Gasteiger partial charge in [0.15, 0.2) is 11.6 Å². The number of imidazole rings is 1. The third-order valence-electron chi connectivity index (χ3n) is 2.94. The van der Waals surface area contributed by atoms with E-state index in [2.05, 4.69) is 4.98 Å². The van der Waals surface area contributed by atoms with E-state index < -0.39 is 23.6 Å². The number of rotatable bonds is 4. The lowest BCUT2D eigenvalue weighted by atomic mass is 10.2. The highest BCUT2D eigenvalue weighted by Crippen LogP contribution is 2.25. The molecular formula is C13H15F2N3O2. The van der Waals surface area contributed by atoms with Gasteiger partial charge in [-0.05, 0) is 13.3 Å². The summed E-state index contributed by atoms with van der Waals surface area (Å²) in [4.78, 5) is 15.8. The summed E-state index contributed by atoms with van der Waals surface area (Å²) < 4.78 is 32.8. The average Bonchev–Trinajstić information content (AvgIpc) is 2.71. The van der Waals surface area contributed by atoms with E-state index in [-0.39, 0.29) is 17.0 Å². The third-order valence-corrected chi connectivity index (χ3v) is 2.94. The number of benzene rings is 1. The second-order valence-corrected chi connectivity index (χ2v) is 4.44. The Labute approximate surface area is 114 Å². The number of nitrogens with zero attached hydrogens (tertiary/aromatic N) is 2. The van der Waals surface area contributed by atoms with Gasteiger partial charge in [-0.2, -0.15) is 0 Å². The van der Waals surface area contributed by atoms with Crippen LogP contribution in [0.15, 0.2) is 12.1 Å². The molecule has 0 radical (unpaired) electrons. The summed E-state index contributed by atoms with van der Waals surface area (Å²) in [6, 6.07) is 1.15. The van der Waals surface area contributed by atoms with Gasteiger partial charge in [0.25, 0.3) is 0 Å². The molecule has 2 N–H and O–H groups in total. The van der Waals surface area contributed by atoms with E-state index in [4.69, 9.17) is 10.5 Å². The number of nitrogens with two attached hydrogens (primary N) is 1. The van der Waals surface area contributed by atoms with Gasteiger partial charge in [-0.15, -0.1) is 0 Å². The molecular weight excluding hydrogens is 268 g/mol. The van der Waals surface area contributed by atoms with E-state index in [0.29, 0.717) is 13.0 Å². The SMILES string of the molecule is CCCOC(=O)C(C)n1c(N)nc2cc(F)c(F)cc21. The molecule has 0 aliphatic rings. The molecule has 0 saturated heterocycles. The monoisotopic (exact) mass is 283 g/mol. The van der Waals surface area contributed by atoms with Gasteiger partial charge in [0.1, 0.15) is 6.04 Å². The van der Waals surface area contributed by atoms with E-state index in [0.717, 1.165) is 12.1 Å². The second-order valence-electron chi connectivity index (χ2n) is 4.44. The zero-order valence-corrected chi connectivity index (χ0v) is 11.2. The molecule has 1 heterocycles. The van der Waals surface area contributed by atoms with Crippen molar-refractivity contribution in [2.45, 2.75) is 26.3 Å². The van der Waals surface area contributed by atoms with Crippen LogP contribution in [0.5, 0.6) is 0 Å². The molecule has 0 aliphatic carbocycles. The first-order valence-electron chi connectivity index (χ1n) is 6.24. The number of ether oxygens (including phenoxy) is 1. The van der Waals surface area contributed by atoms with Crippen molar-refractivity contribution < 1.29 is 18.3 Å². The fourth-order valence-corrected chi connectivity index (χ4v) is 1.94. The highest BCUT2D eigenvalue weighted by molar-refractivity contribution is 5.83. The first-order chi connectivity index (χ1) is 9.45. The van der Waals surface area contributed by atoms with E-state index >= 15 is 0 Å². The van der Waals surface area contributed by atoms with Crippen LogP contribution in [0, 0.1) is 11.6 Å². The molecule has 0 spiro atoms. The molecule has 0 amide bonds. The van der Waals surface area contributed by atoms with Crippen molar-refractivity contribution in [2.75, 3.05) is 12.3 Å². The van der Waals surface area contributed by atoms with Crippen molar-refractivity contribution >= 4 is 23.0 Å². The number of esters is 1. The van der Waals surface area contributed by atoms with Crippen molar-refractivity contribution in [3.05, 3.63) is 23.8 Å². The largest absolute Gasteiger partial charge is 0.464 e. The van der Waals surface area contributed by atoms with Crippen LogP contribution < -0.4 is 5.73 Å². The Hall–Kier alpha value is -2.18. The number of carbonyl (C=O) groups is 1. The minimum Gasteiger partial charge on any atom is -0.464 e. The van der Waals surface area contributed by atoms with Crippen molar-refractivity contribution in [1.29, 1.82) is 0 Å². The molecule has 1 aromatic carbocycles. The fourth-order valence-electron chi connectivity index (χ4n) is 1.94. The number of hydrogen-bond donors (Lipinski definition) is 1. The number of carbonyl (C=O) groups excluding carboxylic acids is 1. The standard InChI is InChI=1S/C13H15F2N3O2/c1-3-4-20-12(19)7(2)18-11-6-9(15)8(14)5-10(11)17-13(18)16/h5-7H,3-4H2,1-2H3,(H2,16,17). The average molecular weight is 283 g/mol. The molecule has 0 aliphatic heterocycles. The number of anilines is 1. The van der Waals surface area contributed by atoms with Crippen molar-refractivity contribution in [2.24, 2.45) is 0 Å². The summed E-state index contributed by atoms with van der Waals surface area (Å²) in [6.45, 7) is 3.73. The minimum absolute atomic E-state index is 0.00551. The third kappa shape index (κ3) is 2.43. The van der Waals surface area contributed by atoms with Gasteiger partial charge in [0.05, 0.1) is 17.6 Å². The summed E-state index contributed by atoms with van der Waals surface area (Å²) in [5.41, 5.74) is 6.16. The van der Waals surface area contributed by atoms with Crippen LogP contribution in [0.3, 0.4) is 0 Å². The molecule has 1 atom stereocenters. The minimum atomic E-state index is -1.02. The summed E-state index contributed by atoms with van der Waals surface area (Å²) in [6.07, 6.45) is 0.693. The number of hydrogen-bond acceptors (Lipinski definition) is 4. The van der Waals surface area contributed by atoms with Gasteiger partial charge in [-0.3, -0.25) is 4.57 Å². The Morgan fingerprint density at radius 1 is 1.45 bits per heavy atom. The lowest BCUT2D eigenvalue weighted by Gasteiger charge is -2.14. The summed E-state index contributed by atoms with van der Waals surface area (Å²) in [5.74, 6) is -2.52. The predicted octanol–water partition coefficient (Wildman–Crippen LogP) is 2.41. The Kier molecular flexibility index (Phi) is 3.87. The van der Waals surface area contributed by atoms with Gasteiger partial charge >= 0.3 is 5.97 Å². The molecule has 0 bridgehead atoms. The number of halogens is 2. The maximum absolute atomic E-state index is 13.3. The van der Waals surface area contributed by atoms with Crippen LogP contribution in [0.2, 0.25) is 0 Å². The lowest BCUT2D eigenvalue weighted by molar-refractivity contribution is -0.146. The summed E-state index contributed by atoms with van der Waals surface area (Å²) >= 11 is 0. The maximum Gasteiger partial charge on any atom is 0.328 e. The zero-order chi connectivity index (χ0) is 14.9. The molecule has 108 valence electrons. The van der Waals surface area contributed by atoms with E-state index in [1.165, 1.54) is 4.57 Å². The first kappa shape index (κ1) is 14.2.